The maximum Gasteiger partial charge on any atom is 1.00 e. The summed E-state index contributed by atoms with van der Waals surface area (Å²) in [4.78, 5) is 0. The van der Waals surface area contributed by atoms with E-state index < -0.39 is 0 Å². The standard InChI is InChI=1S/C17H15FO2.Na/c1-20-16-5-3-2-4-13(16)14-9-7-11-6-8-12(18)10-15(11)17(14)19;/h2-6,8,10,19H,7,9H2,1H3;/q;+1/p-1. The summed E-state index contributed by atoms with van der Waals surface area (Å²) >= 11 is 0. The molecule has 0 atom stereocenters. The number of hydrogen-bond acceptors (Lipinski definition) is 2. The summed E-state index contributed by atoms with van der Waals surface area (Å²) in [6.45, 7) is 0. The van der Waals surface area contributed by atoms with Crippen molar-refractivity contribution < 1.29 is 43.8 Å². The van der Waals surface area contributed by atoms with Crippen LogP contribution in [0.5, 0.6) is 5.75 Å². The van der Waals surface area contributed by atoms with Gasteiger partial charge < -0.3 is 9.84 Å². The molecule has 0 radical (unpaired) electrons. The molecule has 0 bridgehead atoms. The number of halogens is 1. The fourth-order valence-corrected chi connectivity index (χ4v) is 2.66. The van der Waals surface area contributed by atoms with Gasteiger partial charge in [0.05, 0.1) is 7.11 Å². The van der Waals surface area contributed by atoms with Gasteiger partial charge in [0.15, 0.2) is 0 Å². The Labute approximate surface area is 145 Å². The van der Waals surface area contributed by atoms with Gasteiger partial charge in [0.2, 0.25) is 0 Å². The summed E-state index contributed by atoms with van der Waals surface area (Å²) in [6.07, 6.45) is 1.40. The van der Waals surface area contributed by atoms with Crippen LogP contribution in [-0.4, -0.2) is 7.11 Å². The summed E-state index contributed by atoms with van der Waals surface area (Å²) < 4.78 is 18.7. The molecule has 2 aromatic rings. The molecule has 0 saturated heterocycles. The minimum atomic E-state index is -0.377. The van der Waals surface area contributed by atoms with Crippen LogP contribution in [0.3, 0.4) is 0 Å². The van der Waals surface area contributed by atoms with E-state index in [0.29, 0.717) is 23.3 Å². The van der Waals surface area contributed by atoms with Gasteiger partial charge in [-0.1, -0.05) is 30.0 Å². The largest absolute Gasteiger partial charge is 1.00 e. The van der Waals surface area contributed by atoms with Gasteiger partial charge in [-0.25, -0.2) is 4.39 Å². The number of rotatable bonds is 2. The van der Waals surface area contributed by atoms with E-state index in [1.165, 1.54) is 12.1 Å². The van der Waals surface area contributed by atoms with Crippen LogP contribution in [0.2, 0.25) is 0 Å². The third-order valence-electron chi connectivity index (χ3n) is 3.67. The zero-order chi connectivity index (χ0) is 14.1. The first-order valence-electron chi connectivity index (χ1n) is 6.53. The minimum Gasteiger partial charge on any atom is -0.872 e. The molecule has 21 heavy (non-hydrogen) atoms. The number of benzene rings is 2. The Hall–Kier alpha value is -1.29. The van der Waals surface area contributed by atoms with E-state index in [2.05, 4.69) is 0 Å². The number of hydrogen-bond donors (Lipinski definition) is 0. The van der Waals surface area contributed by atoms with Crippen LogP contribution in [0.25, 0.3) is 11.3 Å². The van der Waals surface area contributed by atoms with E-state index in [4.69, 9.17) is 4.74 Å². The van der Waals surface area contributed by atoms with Gasteiger partial charge in [-0.15, -0.1) is 0 Å². The van der Waals surface area contributed by atoms with Crippen molar-refractivity contribution >= 4 is 11.3 Å². The average Bonchev–Trinajstić information content (AvgIpc) is 2.48. The monoisotopic (exact) mass is 292 g/mol. The first-order chi connectivity index (χ1) is 9.70. The Balaban J connectivity index is 0.00000161. The van der Waals surface area contributed by atoms with Crippen LogP contribution in [0.15, 0.2) is 42.5 Å². The van der Waals surface area contributed by atoms with Crippen LogP contribution in [0.1, 0.15) is 23.1 Å². The zero-order valence-electron chi connectivity index (χ0n) is 12.2. The number of aryl methyl sites for hydroxylation is 1. The van der Waals surface area contributed by atoms with E-state index in [1.807, 2.05) is 24.3 Å². The van der Waals surface area contributed by atoms with Crippen molar-refractivity contribution in [1.29, 1.82) is 0 Å². The number of allylic oxidation sites excluding steroid dienone is 1. The Morgan fingerprint density at radius 3 is 2.57 bits per heavy atom. The topological polar surface area (TPSA) is 32.3 Å². The molecule has 0 saturated carbocycles. The SMILES string of the molecule is COc1ccccc1C1=C([O-])c2cc(F)ccc2CC1.[Na+]. The fourth-order valence-electron chi connectivity index (χ4n) is 2.66. The second kappa shape index (κ2) is 6.65. The van der Waals surface area contributed by atoms with Crippen molar-refractivity contribution in [2.45, 2.75) is 12.8 Å². The average molecular weight is 292 g/mol. The molecule has 1 aliphatic rings. The predicted molar refractivity (Wildman–Crippen MR) is 74.5 cm³/mol. The van der Waals surface area contributed by atoms with Crippen molar-refractivity contribution in [1.82, 2.24) is 0 Å². The first-order valence-corrected chi connectivity index (χ1v) is 6.53. The van der Waals surface area contributed by atoms with Gasteiger partial charge in [0, 0.05) is 5.56 Å². The van der Waals surface area contributed by atoms with Crippen LogP contribution in [0.4, 0.5) is 4.39 Å². The summed E-state index contributed by atoms with van der Waals surface area (Å²) in [5.41, 5.74) is 2.88. The molecule has 0 heterocycles. The Bertz CT molecular complexity index is 695. The van der Waals surface area contributed by atoms with E-state index in [1.54, 1.807) is 13.2 Å². The van der Waals surface area contributed by atoms with E-state index >= 15 is 0 Å². The quantitative estimate of drug-likeness (QED) is 0.731. The first kappa shape index (κ1) is 16.1. The Morgan fingerprint density at radius 1 is 1.05 bits per heavy atom. The number of ether oxygens (including phenoxy) is 1. The Morgan fingerprint density at radius 2 is 1.81 bits per heavy atom. The van der Waals surface area contributed by atoms with Crippen molar-refractivity contribution in [3.8, 4) is 5.75 Å². The van der Waals surface area contributed by atoms with Crippen LogP contribution in [-0.2, 0) is 6.42 Å². The van der Waals surface area contributed by atoms with Gasteiger partial charge in [-0.2, -0.15) is 0 Å². The van der Waals surface area contributed by atoms with Gasteiger partial charge in [0.1, 0.15) is 11.6 Å². The third kappa shape index (κ3) is 3.00. The van der Waals surface area contributed by atoms with E-state index in [0.717, 1.165) is 17.5 Å². The van der Waals surface area contributed by atoms with Crippen LogP contribution >= 0.6 is 0 Å². The molecule has 4 heteroatoms. The van der Waals surface area contributed by atoms with Crippen molar-refractivity contribution in [2.24, 2.45) is 0 Å². The summed E-state index contributed by atoms with van der Waals surface area (Å²) in [5, 5.41) is 12.6. The normalized spacial score (nSPS) is 13.4. The van der Waals surface area contributed by atoms with Gasteiger partial charge >= 0.3 is 29.6 Å². The van der Waals surface area contributed by atoms with Gasteiger partial charge in [-0.3, -0.25) is 0 Å². The molecular weight excluding hydrogens is 278 g/mol. The van der Waals surface area contributed by atoms with Crippen molar-refractivity contribution in [3.05, 3.63) is 65.0 Å². The molecule has 102 valence electrons. The summed E-state index contributed by atoms with van der Waals surface area (Å²) in [7, 11) is 1.58. The van der Waals surface area contributed by atoms with Gasteiger partial charge in [0.25, 0.3) is 0 Å². The molecule has 3 rings (SSSR count). The Kier molecular flexibility index (Phi) is 5.09. The molecule has 0 aromatic heterocycles. The molecule has 0 unspecified atom stereocenters. The third-order valence-corrected chi connectivity index (χ3v) is 3.67. The molecule has 0 fully saturated rings. The second-order valence-electron chi connectivity index (χ2n) is 4.81. The number of para-hydroxylation sites is 1. The molecule has 0 N–H and O–H groups in total. The second-order valence-corrected chi connectivity index (χ2v) is 4.81. The molecule has 2 aromatic carbocycles. The van der Waals surface area contributed by atoms with Crippen molar-refractivity contribution in [2.75, 3.05) is 7.11 Å². The number of fused-ring (bicyclic) bond motifs is 1. The molecule has 2 nitrogen and oxygen atoms in total. The van der Waals surface area contributed by atoms with E-state index in [-0.39, 0.29) is 41.1 Å². The zero-order valence-corrected chi connectivity index (χ0v) is 14.2. The van der Waals surface area contributed by atoms with Gasteiger partial charge in [-0.05, 0) is 47.7 Å². The van der Waals surface area contributed by atoms with Crippen LogP contribution in [0, 0.1) is 5.82 Å². The number of methoxy groups -OCH3 is 1. The molecule has 1 aliphatic carbocycles. The summed E-state index contributed by atoms with van der Waals surface area (Å²) in [5.74, 6) is 0.198. The van der Waals surface area contributed by atoms with E-state index in [9.17, 15) is 9.50 Å². The minimum absolute atomic E-state index is 0. The summed E-state index contributed by atoms with van der Waals surface area (Å²) in [6, 6.07) is 11.9. The molecule has 0 spiro atoms. The van der Waals surface area contributed by atoms with Crippen LogP contribution < -0.4 is 39.4 Å². The fraction of sp³-hybridized carbons (Fsp3) is 0.176. The smallest absolute Gasteiger partial charge is 0.872 e. The predicted octanol–water partition coefficient (Wildman–Crippen LogP) is 0.0131. The molecule has 0 aliphatic heterocycles. The molecule has 0 amide bonds. The maximum absolute atomic E-state index is 13.4. The maximum atomic E-state index is 13.4. The van der Waals surface area contributed by atoms with Crippen molar-refractivity contribution in [3.63, 3.8) is 0 Å². The molecular formula is C17H14FNaO2.